The summed E-state index contributed by atoms with van der Waals surface area (Å²) in [6.45, 7) is 0. The highest BCUT2D eigenvalue weighted by Crippen LogP contribution is 2.47. The van der Waals surface area contributed by atoms with Crippen molar-refractivity contribution in [3.63, 3.8) is 0 Å². The standard InChI is InChI=1S/C23H15F2N3OS/c24-15-7-5-14(6-8-15)20-13-23(18-3-1-2-4-19(18)26-21(23)29)28(22(30)27-20)17-11-9-16(25)10-12-17/h1-12H,13H2,(H,26,29). The van der Waals surface area contributed by atoms with Crippen LogP contribution in [0.5, 0.6) is 0 Å². The fraction of sp³-hybridized carbons (Fsp3) is 0.0870. The summed E-state index contributed by atoms with van der Waals surface area (Å²) in [5.74, 6) is -0.989. The lowest BCUT2D eigenvalue weighted by molar-refractivity contribution is -0.120. The van der Waals surface area contributed by atoms with Crippen molar-refractivity contribution in [3.8, 4) is 0 Å². The Morgan fingerprint density at radius 2 is 1.57 bits per heavy atom. The van der Waals surface area contributed by atoms with Crippen LogP contribution in [0.25, 0.3) is 0 Å². The van der Waals surface area contributed by atoms with E-state index in [-0.39, 0.29) is 29.1 Å². The maximum atomic E-state index is 13.6. The molecule has 1 N–H and O–H groups in total. The SMILES string of the molecule is O=C1Nc2ccccc2C12CC(c1ccc(F)cc1)=NC(=S)N2c1ccc(F)cc1. The van der Waals surface area contributed by atoms with Gasteiger partial charge in [-0.3, -0.25) is 9.69 Å². The van der Waals surface area contributed by atoms with Gasteiger partial charge < -0.3 is 5.32 Å². The van der Waals surface area contributed by atoms with Crippen LogP contribution in [0.1, 0.15) is 17.5 Å². The molecule has 3 aromatic carbocycles. The number of hydrogen-bond acceptors (Lipinski definition) is 2. The summed E-state index contributed by atoms with van der Waals surface area (Å²) in [6, 6.07) is 19.2. The number of amides is 1. The lowest BCUT2D eigenvalue weighted by Gasteiger charge is -2.43. The van der Waals surface area contributed by atoms with Crippen LogP contribution >= 0.6 is 12.2 Å². The minimum atomic E-state index is -1.18. The van der Waals surface area contributed by atoms with E-state index in [2.05, 4.69) is 10.3 Å². The first-order chi connectivity index (χ1) is 14.5. The van der Waals surface area contributed by atoms with Crippen molar-refractivity contribution in [3.05, 3.63) is 95.6 Å². The van der Waals surface area contributed by atoms with E-state index in [1.54, 1.807) is 29.2 Å². The summed E-state index contributed by atoms with van der Waals surface area (Å²) in [7, 11) is 0. The third-order valence-corrected chi connectivity index (χ3v) is 5.76. The molecule has 2 aliphatic heterocycles. The van der Waals surface area contributed by atoms with Gasteiger partial charge in [0.2, 0.25) is 5.11 Å². The molecule has 1 unspecified atom stereocenters. The van der Waals surface area contributed by atoms with E-state index in [1.807, 2.05) is 24.3 Å². The lowest BCUT2D eigenvalue weighted by Crippen LogP contribution is -2.57. The zero-order valence-corrected chi connectivity index (χ0v) is 16.4. The number of nitrogens with zero attached hydrogens (tertiary/aromatic N) is 2. The van der Waals surface area contributed by atoms with Crippen LogP contribution in [0.2, 0.25) is 0 Å². The van der Waals surface area contributed by atoms with E-state index in [1.165, 1.54) is 24.3 Å². The van der Waals surface area contributed by atoms with Crippen LogP contribution in [-0.4, -0.2) is 16.7 Å². The molecule has 0 aromatic heterocycles. The number of carbonyl (C=O) groups is 1. The largest absolute Gasteiger partial charge is 0.323 e. The maximum absolute atomic E-state index is 13.6. The van der Waals surface area contributed by atoms with Gasteiger partial charge in [-0.15, -0.1) is 0 Å². The van der Waals surface area contributed by atoms with E-state index >= 15 is 0 Å². The van der Waals surface area contributed by atoms with E-state index in [0.29, 0.717) is 22.6 Å². The van der Waals surface area contributed by atoms with Crippen molar-refractivity contribution in [1.29, 1.82) is 0 Å². The minimum absolute atomic E-state index is 0.180. The number of anilines is 2. The van der Waals surface area contributed by atoms with Crippen LogP contribution in [0.4, 0.5) is 20.2 Å². The van der Waals surface area contributed by atoms with Crippen molar-refractivity contribution >= 4 is 40.3 Å². The zero-order chi connectivity index (χ0) is 20.9. The molecule has 5 rings (SSSR count). The summed E-state index contributed by atoms with van der Waals surface area (Å²) in [5, 5.41) is 3.12. The molecular weight excluding hydrogens is 404 g/mol. The van der Waals surface area contributed by atoms with Gasteiger partial charge in [0.05, 0.1) is 5.71 Å². The van der Waals surface area contributed by atoms with Gasteiger partial charge in [-0.2, -0.15) is 0 Å². The van der Waals surface area contributed by atoms with E-state index in [4.69, 9.17) is 12.2 Å². The van der Waals surface area contributed by atoms with Crippen molar-refractivity contribution < 1.29 is 13.6 Å². The molecule has 148 valence electrons. The van der Waals surface area contributed by atoms with E-state index in [0.717, 1.165) is 5.56 Å². The van der Waals surface area contributed by atoms with Crippen molar-refractivity contribution in [2.45, 2.75) is 12.0 Å². The minimum Gasteiger partial charge on any atom is -0.323 e. The van der Waals surface area contributed by atoms with Gasteiger partial charge in [0.1, 0.15) is 11.6 Å². The molecule has 0 radical (unpaired) electrons. The molecule has 0 saturated heterocycles. The average Bonchev–Trinajstić information content (AvgIpc) is 3.01. The fourth-order valence-electron chi connectivity index (χ4n) is 4.12. The molecule has 1 amide bonds. The zero-order valence-electron chi connectivity index (χ0n) is 15.6. The molecule has 0 fully saturated rings. The number of aliphatic imine (C=N–C) groups is 1. The van der Waals surface area contributed by atoms with Gasteiger partial charge in [0.25, 0.3) is 5.91 Å². The lowest BCUT2D eigenvalue weighted by atomic mass is 9.81. The Kier molecular flexibility index (Phi) is 4.22. The molecule has 4 nitrogen and oxygen atoms in total. The Bertz CT molecular complexity index is 1210. The van der Waals surface area contributed by atoms with Gasteiger partial charge in [0.15, 0.2) is 5.54 Å². The third-order valence-electron chi connectivity index (χ3n) is 5.49. The number of para-hydroxylation sites is 1. The summed E-state index contributed by atoms with van der Waals surface area (Å²) in [5.41, 5.74) is 2.11. The van der Waals surface area contributed by atoms with Gasteiger partial charge in [-0.1, -0.05) is 30.3 Å². The Morgan fingerprint density at radius 3 is 2.27 bits per heavy atom. The highest BCUT2D eigenvalue weighted by molar-refractivity contribution is 7.80. The third kappa shape index (κ3) is 2.74. The number of halogens is 2. The van der Waals surface area contributed by atoms with Gasteiger partial charge in [-0.25, -0.2) is 13.8 Å². The normalized spacial score (nSPS) is 20.2. The van der Waals surface area contributed by atoms with E-state index in [9.17, 15) is 13.6 Å². The molecule has 0 saturated carbocycles. The number of fused-ring (bicyclic) bond motifs is 2. The Labute approximate surface area is 176 Å². The second kappa shape index (κ2) is 6.81. The van der Waals surface area contributed by atoms with Gasteiger partial charge >= 0.3 is 0 Å². The van der Waals surface area contributed by atoms with E-state index < -0.39 is 5.54 Å². The van der Waals surface area contributed by atoms with Crippen LogP contribution in [0.3, 0.4) is 0 Å². The smallest absolute Gasteiger partial charge is 0.255 e. The molecule has 0 aliphatic carbocycles. The van der Waals surface area contributed by atoms with Crippen molar-refractivity contribution in [2.24, 2.45) is 4.99 Å². The topological polar surface area (TPSA) is 44.7 Å². The van der Waals surface area contributed by atoms with Crippen LogP contribution < -0.4 is 10.2 Å². The van der Waals surface area contributed by atoms with Crippen LogP contribution in [0.15, 0.2) is 77.8 Å². The number of nitrogens with one attached hydrogen (secondary N) is 1. The van der Waals surface area contributed by atoms with Crippen molar-refractivity contribution in [1.82, 2.24) is 0 Å². The maximum Gasteiger partial charge on any atom is 0.255 e. The van der Waals surface area contributed by atoms with Crippen LogP contribution in [0, 0.1) is 11.6 Å². The molecule has 1 spiro atoms. The number of rotatable bonds is 2. The van der Waals surface area contributed by atoms with Gasteiger partial charge in [0, 0.05) is 23.4 Å². The molecular formula is C23H15F2N3OS. The quantitative estimate of drug-likeness (QED) is 0.607. The predicted molar refractivity (Wildman–Crippen MR) is 116 cm³/mol. The number of thiocarbonyl (C=S) groups is 1. The molecule has 3 aromatic rings. The molecule has 30 heavy (non-hydrogen) atoms. The summed E-state index contributed by atoms with van der Waals surface area (Å²) in [6.07, 6.45) is 0.221. The highest BCUT2D eigenvalue weighted by Gasteiger charge is 2.55. The predicted octanol–water partition coefficient (Wildman–Crippen LogP) is 4.80. The molecule has 7 heteroatoms. The molecule has 0 bridgehead atoms. The summed E-state index contributed by atoms with van der Waals surface area (Å²) in [4.78, 5) is 19.7. The number of benzene rings is 3. The Balaban J connectivity index is 1.73. The fourth-order valence-corrected chi connectivity index (χ4v) is 4.49. The summed E-state index contributed by atoms with van der Waals surface area (Å²) >= 11 is 5.63. The Morgan fingerprint density at radius 1 is 0.933 bits per heavy atom. The second-order valence-corrected chi connectivity index (χ2v) is 7.56. The first-order valence-corrected chi connectivity index (χ1v) is 9.74. The first kappa shape index (κ1) is 18.6. The average molecular weight is 419 g/mol. The number of carbonyl (C=O) groups excluding carboxylic acids is 1. The van der Waals surface area contributed by atoms with Crippen LogP contribution in [-0.2, 0) is 10.3 Å². The first-order valence-electron chi connectivity index (χ1n) is 9.33. The molecule has 2 aliphatic rings. The highest BCUT2D eigenvalue weighted by atomic mass is 32.1. The second-order valence-electron chi connectivity index (χ2n) is 7.20. The number of hydrogen-bond donors (Lipinski definition) is 1. The molecule has 1 atom stereocenters. The van der Waals surface area contributed by atoms with Crippen molar-refractivity contribution in [2.75, 3.05) is 10.2 Å². The summed E-state index contributed by atoms with van der Waals surface area (Å²) < 4.78 is 27.0. The monoisotopic (exact) mass is 419 g/mol. The molecule has 2 heterocycles. The van der Waals surface area contributed by atoms with Gasteiger partial charge in [-0.05, 0) is 60.2 Å². The Hall–Kier alpha value is -3.45.